The first-order valence-corrected chi connectivity index (χ1v) is 10.1. The molecule has 0 radical (unpaired) electrons. The lowest BCUT2D eigenvalue weighted by Crippen LogP contribution is -2.12. The van der Waals surface area contributed by atoms with Crippen molar-refractivity contribution in [3.63, 3.8) is 0 Å². The Morgan fingerprint density at radius 1 is 1.25 bits per heavy atom. The maximum absolute atomic E-state index is 12.8. The van der Waals surface area contributed by atoms with Gasteiger partial charge in [0, 0.05) is 10.8 Å². The minimum atomic E-state index is -0.358. The number of carbonyl (C=O) groups excluding carboxylic acids is 1. The van der Waals surface area contributed by atoms with Gasteiger partial charge in [-0.25, -0.2) is 4.98 Å². The number of hydrogen-bond donors (Lipinski definition) is 2. The lowest BCUT2D eigenvalue weighted by Gasteiger charge is -2.07. The Hall–Kier alpha value is -2.54. The van der Waals surface area contributed by atoms with E-state index in [9.17, 15) is 4.79 Å². The van der Waals surface area contributed by atoms with Crippen LogP contribution in [0.1, 0.15) is 16.6 Å². The van der Waals surface area contributed by atoms with Crippen LogP contribution in [0.5, 0.6) is 5.75 Å². The number of nitrogens with one attached hydrogen (secondary N) is 1. The third-order valence-corrected chi connectivity index (χ3v) is 6.13. The molecule has 0 saturated carbocycles. The molecule has 4 aromatic rings. The number of benzene rings is 2. The fourth-order valence-electron chi connectivity index (χ4n) is 2.89. The molecule has 0 bridgehead atoms. The van der Waals surface area contributed by atoms with Crippen molar-refractivity contribution >= 4 is 72.9 Å². The van der Waals surface area contributed by atoms with Crippen LogP contribution >= 0.6 is 34.5 Å². The number of thiophene rings is 1. The Morgan fingerprint density at radius 3 is 2.86 bits per heavy atom. The number of ether oxygens (including phenoxy) is 1. The van der Waals surface area contributed by atoms with Crippen molar-refractivity contribution in [1.82, 2.24) is 4.98 Å². The molecule has 0 aliphatic heterocycles. The first-order valence-electron chi connectivity index (χ1n) is 8.49. The topological polar surface area (TPSA) is 77.2 Å². The number of aromatic nitrogens is 1. The number of nitrogens with zero attached hydrogens (tertiary/aromatic N) is 1. The minimum absolute atomic E-state index is 0.282. The molecule has 1 amide bonds. The van der Waals surface area contributed by atoms with Crippen LogP contribution in [0.2, 0.25) is 10.0 Å². The molecule has 0 saturated heterocycles. The van der Waals surface area contributed by atoms with Gasteiger partial charge in [0.15, 0.2) is 0 Å². The lowest BCUT2D eigenvalue weighted by molar-refractivity contribution is 0.103. The highest BCUT2D eigenvalue weighted by Crippen LogP contribution is 2.36. The van der Waals surface area contributed by atoms with Crippen molar-refractivity contribution in [1.29, 1.82) is 0 Å². The normalized spacial score (nSPS) is 11.1. The molecule has 2 heterocycles. The van der Waals surface area contributed by atoms with Gasteiger partial charge in [0.2, 0.25) is 0 Å². The average molecular weight is 432 g/mol. The number of hydrogen-bond acceptors (Lipinski definition) is 5. The van der Waals surface area contributed by atoms with E-state index in [0.29, 0.717) is 32.7 Å². The van der Waals surface area contributed by atoms with Crippen molar-refractivity contribution in [2.75, 3.05) is 17.7 Å². The summed E-state index contributed by atoms with van der Waals surface area (Å²) >= 11 is 13.4. The Kier molecular flexibility index (Phi) is 5.02. The summed E-state index contributed by atoms with van der Waals surface area (Å²) < 4.78 is 5.54. The Morgan fingerprint density at radius 2 is 2.07 bits per heavy atom. The summed E-state index contributed by atoms with van der Waals surface area (Å²) in [6, 6.07) is 12.6. The molecular formula is C20H15Cl2N3O2S. The number of amides is 1. The van der Waals surface area contributed by atoms with E-state index < -0.39 is 0 Å². The number of carbonyl (C=O) groups is 1. The molecule has 2 aromatic heterocycles. The molecule has 8 heteroatoms. The molecule has 0 aliphatic rings. The van der Waals surface area contributed by atoms with Gasteiger partial charge in [-0.15, -0.1) is 11.3 Å². The van der Waals surface area contributed by atoms with Gasteiger partial charge < -0.3 is 15.8 Å². The number of pyridine rings is 1. The van der Waals surface area contributed by atoms with E-state index in [2.05, 4.69) is 10.3 Å². The molecule has 5 nitrogen and oxygen atoms in total. The molecule has 3 N–H and O–H groups in total. The molecule has 4 rings (SSSR count). The Labute approximate surface area is 175 Å². The Balaban J connectivity index is 1.75. The number of rotatable bonds is 4. The molecular weight excluding hydrogens is 417 g/mol. The van der Waals surface area contributed by atoms with Gasteiger partial charge in [0.25, 0.3) is 5.91 Å². The molecule has 142 valence electrons. The molecule has 28 heavy (non-hydrogen) atoms. The molecule has 0 aliphatic carbocycles. The zero-order valence-corrected chi connectivity index (χ0v) is 17.1. The van der Waals surface area contributed by atoms with Gasteiger partial charge in [-0.2, -0.15) is 0 Å². The number of halogens is 2. The van der Waals surface area contributed by atoms with E-state index in [-0.39, 0.29) is 10.9 Å². The molecule has 0 unspecified atom stereocenters. The van der Waals surface area contributed by atoms with Crippen molar-refractivity contribution in [2.24, 2.45) is 0 Å². The predicted octanol–water partition coefficient (Wildman–Crippen LogP) is 5.99. The van der Waals surface area contributed by atoms with Crippen LogP contribution in [0.25, 0.3) is 21.1 Å². The lowest BCUT2D eigenvalue weighted by atomic mass is 10.1. The van der Waals surface area contributed by atoms with E-state index in [1.54, 1.807) is 18.2 Å². The maximum atomic E-state index is 12.8. The number of nitrogens with two attached hydrogens (primary N) is 1. The highest BCUT2D eigenvalue weighted by molar-refractivity contribution is 7.21. The van der Waals surface area contributed by atoms with E-state index in [1.807, 2.05) is 31.2 Å². The fraction of sp³-hybridized carbons (Fsp3) is 0.100. The molecule has 0 atom stereocenters. The summed E-state index contributed by atoms with van der Waals surface area (Å²) in [7, 11) is 0. The van der Waals surface area contributed by atoms with E-state index in [4.69, 9.17) is 33.7 Å². The summed E-state index contributed by atoms with van der Waals surface area (Å²) in [4.78, 5) is 18.5. The zero-order chi connectivity index (χ0) is 19.8. The van der Waals surface area contributed by atoms with Gasteiger partial charge in [0.1, 0.15) is 15.5 Å². The molecule has 2 aromatic carbocycles. The highest BCUT2D eigenvalue weighted by atomic mass is 35.5. The first kappa shape index (κ1) is 18.8. The quantitative estimate of drug-likeness (QED) is 0.415. The van der Waals surface area contributed by atoms with Crippen LogP contribution in [-0.2, 0) is 0 Å². The van der Waals surface area contributed by atoms with E-state index >= 15 is 0 Å². The first-order chi connectivity index (χ1) is 13.5. The second-order valence-electron chi connectivity index (χ2n) is 6.03. The van der Waals surface area contributed by atoms with Crippen LogP contribution in [-0.4, -0.2) is 17.5 Å². The van der Waals surface area contributed by atoms with Crippen LogP contribution in [0.15, 0.2) is 42.5 Å². The highest BCUT2D eigenvalue weighted by Gasteiger charge is 2.19. The number of anilines is 2. The van der Waals surface area contributed by atoms with Gasteiger partial charge in [-0.1, -0.05) is 29.3 Å². The minimum Gasteiger partial charge on any atom is -0.494 e. The SMILES string of the molecule is CCOc1ccc2nc3sc(C(=O)Nc4cccc(Cl)c4Cl)c(N)c3cc2c1. The average Bonchev–Trinajstić information content (AvgIpc) is 3.00. The van der Waals surface area contributed by atoms with Crippen LogP contribution in [0.4, 0.5) is 11.4 Å². The van der Waals surface area contributed by atoms with Gasteiger partial charge in [0.05, 0.1) is 33.5 Å². The van der Waals surface area contributed by atoms with Crippen LogP contribution < -0.4 is 15.8 Å². The summed E-state index contributed by atoms with van der Waals surface area (Å²) in [6.07, 6.45) is 0. The third-order valence-electron chi connectivity index (χ3n) is 4.20. The molecule has 0 spiro atoms. The number of nitrogen functional groups attached to an aromatic ring is 1. The van der Waals surface area contributed by atoms with Crippen LogP contribution in [0.3, 0.4) is 0 Å². The van der Waals surface area contributed by atoms with Crippen molar-refractivity contribution in [3.8, 4) is 5.75 Å². The molecule has 0 fully saturated rings. The van der Waals surface area contributed by atoms with Crippen molar-refractivity contribution in [3.05, 3.63) is 57.4 Å². The number of fused-ring (bicyclic) bond motifs is 2. The Bertz CT molecular complexity index is 1220. The van der Waals surface area contributed by atoms with Crippen molar-refractivity contribution < 1.29 is 9.53 Å². The zero-order valence-electron chi connectivity index (χ0n) is 14.8. The maximum Gasteiger partial charge on any atom is 0.267 e. The predicted molar refractivity (Wildman–Crippen MR) is 117 cm³/mol. The second kappa shape index (κ2) is 7.47. The summed E-state index contributed by atoms with van der Waals surface area (Å²) in [5.41, 5.74) is 7.88. The summed E-state index contributed by atoms with van der Waals surface area (Å²) in [5, 5.41) is 5.03. The van der Waals surface area contributed by atoms with Gasteiger partial charge in [-0.05, 0) is 43.3 Å². The summed E-state index contributed by atoms with van der Waals surface area (Å²) in [5.74, 6) is 0.405. The third kappa shape index (κ3) is 3.35. The van der Waals surface area contributed by atoms with Gasteiger partial charge >= 0.3 is 0 Å². The van der Waals surface area contributed by atoms with E-state index in [0.717, 1.165) is 22.0 Å². The summed E-state index contributed by atoms with van der Waals surface area (Å²) in [6.45, 7) is 2.51. The van der Waals surface area contributed by atoms with E-state index in [1.165, 1.54) is 11.3 Å². The fourth-order valence-corrected chi connectivity index (χ4v) is 4.21. The monoisotopic (exact) mass is 431 g/mol. The standard InChI is InChI=1S/C20H15Cl2N3O2S/c1-2-27-11-6-7-14-10(8-11)9-12-17(23)18(28-20(12)25-14)19(26)24-15-5-3-4-13(21)16(15)22/h3-9H,2,23H2,1H3,(H,24,26). The smallest absolute Gasteiger partial charge is 0.267 e. The largest absolute Gasteiger partial charge is 0.494 e. The van der Waals surface area contributed by atoms with Crippen LogP contribution in [0, 0.1) is 0 Å². The second-order valence-corrected chi connectivity index (χ2v) is 7.81. The van der Waals surface area contributed by atoms with Gasteiger partial charge in [-0.3, -0.25) is 4.79 Å². The van der Waals surface area contributed by atoms with Crippen molar-refractivity contribution in [2.45, 2.75) is 6.92 Å².